The van der Waals surface area contributed by atoms with E-state index in [1.54, 1.807) is 10.7 Å². The van der Waals surface area contributed by atoms with E-state index in [4.69, 9.17) is 0 Å². The summed E-state index contributed by atoms with van der Waals surface area (Å²) in [4.78, 5) is 4.41. The molecule has 2 rings (SSSR count). The highest BCUT2D eigenvalue weighted by Crippen LogP contribution is 2.12. The Bertz CT molecular complexity index is 439. The zero-order valence-electron chi connectivity index (χ0n) is 8.65. The minimum Gasteiger partial charge on any atom is -0.365 e. The summed E-state index contributed by atoms with van der Waals surface area (Å²) in [6.45, 7) is 6.32. The highest BCUT2D eigenvalue weighted by molar-refractivity contribution is 5.46. The Labute approximate surface area is 83.0 Å². The number of aromatic nitrogens is 3. The summed E-state index contributed by atoms with van der Waals surface area (Å²) >= 11 is 0. The standard InChI is InChI=1S/C10H14N4/c1-10(2,3)13-8-5-7-14-9(12-8)4-6-11-14/h4-7H,1-3H3,(H,12,13). The van der Waals surface area contributed by atoms with Gasteiger partial charge in [0.2, 0.25) is 0 Å². The van der Waals surface area contributed by atoms with Crippen molar-refractivity contribution in [1.29, 1.82) is 0 Å². The average Bonchev–Trinajstić information content (AvgIpc) is 2.47. The van der Waals surface area contributed by atoms with E-state index in [1.165, 1.54) is 0 Å². The van der Waals surface area contributed by atoms with Gasteiger partial charge < -0.3 is 5.32 Å². The van der Waals surface area contributed by atoms with Gasteiger partial charge in [0.25, 0.3) is 0 Å². The van der Waals surface area contributed by atoms with Crippen LogP contribution in [-0.2, 0) is 0 Å². The Kier molecular flexibility index (Phi) is 1.91. The maximum atomic E-state index is 4.41. The number of nitrogens with one attached hydrogen (secondary N) is 1. The van der Waals surface area contributed by atoms with Crippen LogP contribution in [0.25, 0.3) is 5.65 Å². The Morgan fingerprint density at radius 3 is 2.79 bits per heavy atom. The number of hydrogen-bond acceptors (Lipinski definition) is 3. The molecule has 14 heavy (non-hydrogen) atoms. The molecule has 4 heteroatoms. The van der Waals surface area contributed by atoms with Crippen LogP contribution in [0.15, 0.2) is 24.5 Å². The molecule has 0 fully saturated rings. The van der Waals surface area contributed by atoms with Gasteiger partial charge in [-0.2, -0.15) is 5.10 Å². The molecule has 0 aliphatic heterocycles. The van der Waals surface area contributed by atoms with Gasteiger partial charge in [0.1, 0.15) is 5.82 Å². The van der Waals surface area contributed by atoms with E-state index in [0.717, 1.165) is 11.5 Å². The van der Waals surface area contributed by atoms with Gasteiger partial charge in [0.15, 0.2) is 5.65 Å². The second-order valence-electron chi connectivity index (χ2n) is 4.32. The van der Waals surface area contributed by atoms with Gasteiger partial charge in [-0.1, -0.05) is 0 Å². The molecule has 0 saturated carbocycles. The van der Waals surface area contributed by atoms with Gasteiger partial charge in [-0.15, -0.1) is 0 Å². The lowest BCUT2D eigenvalue weighted by Crippen LogP contribution is -2.26. The van der Waals surface area contributed by atoms with Crippen molar-refractivity contribution in [2.75, 3.05) is 5.32 Å². The molecule has 2 aromatic rings. The van der Waals surface area contributed by atoms with Crippen molar-refractivity contribution in [3.8, 4) is 0 Å². The molecule has 2 heterocycles. The topological polar surface area (TPSA) is 42.2 Å². The van der Waals surface area contributed by atoms with Crippen LogP contribution < -0.4 is 5.32 Å². The largest absolute Gasteiger partial charge is 0.365 e. The van der Waals surface area contributed by atoms with Crippen LogP contribution >= 0.6 is 0 Å². The fraction of sp³-hybridized carbons (Fsp3) is 0.400. The van der Waals surface area contributed by atoms with Gasteiger partial charge in [0, 0.05) is 17.8 Å². The molecule has 0 spiro atoms. The molecule has 0 bridgehead atoms. The molecule has 0 aliphatic carbocycles. The molecule has 0 radical (unpaired) electrons. The number of anilines is 1. The number of hydrogen-bond donors (Lipinski definition) is 1. The first-order valence-electron chi connectivity index (χ1n) is 4.63. The van der Waals surface area contributed by atoms with Crippen LogP contribution in [0.1, 0.15) is 20.8 Å². The van der Waals surface area contributed by atoms with E-state index >= 15 is 0 Å². The summed E-state index contributed by atoms with van der Waals surface area (Å²) in [5.41, 5.74) is 0.894. The quantitative estimate of drug-likeness (QED) is 0.747. The van der Waals surface area contributed by atoms with E-state index in [1.807, 2.05) is 18.3 Å². The Morgan fingerprint density at radius 1 is 1.29 bits per heavy atom. The van der Waals surface area contributed by atoms with Crippen molar-refractivity contribution in [1.82, 2.24) is 14.6 Å². The summed E-state index contributed by atoms with van der Waals surface area (Å²) in [5.74, 6) is 0.880. The zero-order valence-corrected chi connectivity index (χ0v) is 8.65. The lowest BCUT2D eigenvalue weighted by Gasteiger charge is -2.21. The molecular formula is C10H14N4. The van der Waals surface area contributed by atoms with Crippen molar-refractivity contribution in [3.05, 3.63) is 24.5 Å². The monoisotopic (exact) mass is 190 g/mol. The lowest BCUT2D eigenvalue weighted by molar-refractivity contribution is 0.630. The van der Waals surface area contributed by atoms with Crippen molar-refractivity contribution in [2.45, 2.75) is 26.3 Å². The molecule has 0 saturated heterocycles. The summed E-state index contributed by atoms with van der Waals surface area (Å²) in [5, 5.41) is 7.39. The van der Waals surface area contributed by atoms with Crippen LogP contribution in [0.3, 0.4) is 0 Å². The van der Waals surface area contributed by atoms with E-state index in [2.05, 4.69) is 36.2 Å². The van der Waals surface area contributed by atoms with Crippen molar-refractivity contribution in [2.24, 2.45) is 0 Å². The molecule has 0 aromatic carbocycles. The van der Waals surface area contributed by atoms with Gasteiger partial charge in [-0.25, -0.2) is 9.50 Å². The van der Waals surface area contributed by atoms with Crippen LogP contribution in [0, 0.1) is 0 Å². The number of nitrogens with zero attached hydrogens (tertiary/aromatic N) is 3. The maximum Gasteiger partial charge on any atom is 0.157 e. The molecule has 0 atom stereocenters. The average molecular weight is 190 g/mol. The Balaban J connectivity index is 2.35. The van der Waals surface area contributed by atoms with Gasteiger partial charge in [-0.05, 0) is 26.8 Å². The van der Waals surface area contributed by atoms with Crippen LogP contribution in [0.2, 0.25) is 0 Å². The fourth-order valence-electron chi connectivity index (χ4n) is 1.27. The lowest BCUT2D eigenvalue weighted by atomic mass is 10.1. The van der Waals surface area contributed by atoms with Crippen LogP contribution in [0.5, 0.6) is 0 Å². The zero-order chi connectivity index (χ0) is 10.2. The third-order valence-corrected chi connectivity index (χ3v) is 1.76. The first-order valence-corrected chi connectivity index (χ1v) is 4.63. The van der Waals surface area contributed by atoms with Crippen LogP contribution in [0.4, 0.5) is 5.82 Å². The summed E-state index contributed by atoms with van der Waals surface area (Å²) in [6.07, 6.45) is 3.64. The van der Waals surface area contributed by atoms with Crippen molar-refractivity contribution in [3.63, 3.8) is 0 Å². The van der Waals surface area contributed by atoms with Gasteiger partial charge in [0.05, 0.1) is 6.20 Å². The molecule has 0 aliphatic rings. The molecule has 1 N–H and O–H groups in total. The highest BCUT2D eigenvalue weighted by Gasteiger charge is 2.10. The third-order valence-electron chi connectivity index (χ3n) is 1.76. The molecule has 0 unspecified atom stereocenters. The summed E-state index contributed by atoms with van der Waals surface area (Å²) in [6, 6.07) is 3.80. The number of rotatable bonds is 1. The molecular weight excluding hydrogens is 176 g/mol. The number of fused-ring (bicyclic) bond motifs is 1. The molecule has 2 aromatic heterocycles. The highest BCUT2D eigenvalue weighted by atomic mass is 15.2. The Hall–Kier alpha value is -1.58. The van der Waals surface area contributed by atoms with Crippen molar-refractivity contribution < 1.29 is 0 Å². The Morgan fingerprint density at radius 2 is 2.07 bits per heavy atom. The summed E-state index contributed by atoms with van der Waals surface area (Å²) in [7, 11) is 0. The molecule has 74 valence electrons. The van der Waals surface area contributed by atoms with Gasteiger partial charge in [-0.3, -0.25) is 0 Å². The van der Waals surface area contributed by atoms with E-state index in [0.29, 0.717) is 0 Å². The van der Waals surface area contributed by atoms with E-state index in [-0.39, 0.29) is 5.54 Å². The smallest absolute Gasteiger partial charge is 0.157 e. The minimum absolute atomic E-state index is 0.0331. The first-order chi connectivity index (χ1) is 6.54. The maximum absolute atomic E-state index is 4.41. The molecule has 0 amide bonds. The summed E-state index contributed by atoms with van der Waals surface area (Å²) < 4.78 is 1.74. The second kappa shape index (κ2) is 2.97. The normalized spacial score (nSPS) is 11.9. The van der Waals surface area contributed by atoms with Gasteiger partial charge >= 0.3 is 0 Å². The predicted molar refractivity (Wildman–Crippen MR) is 56.4 cm³/mol. The third kappa shape index (κ3) is 1.84. The van der Waals surface area contributed by atoms with Crippen LogP contribution in [-0.4, -0.2) is 20.1 Å². The molecule has 4 nitrogen and oxygen atoms in total. The first kappa shape index (κ1) is 8.99. The second-order valence-corrected chi connectivity index (χ2v) is 4.32. The van der Waals surface area contributed by atoms with E-state index < -0.39 is 0 Å². The van der Waals surface area contributed by atoms with Crippen molar-refractivity contribution >= 4 is 11.5 Å². The fourth-order valence-corrected chi connectivity index (χ4v) is 1.27. The minimum atomic E-state index is 0.0331. The SMILES string of the molecule is CC(C)(C)Nc1ccn2nccc2n1. The van der Waals surface area contributed by atoms with E-state index in [9.17, 15) is 0 Å². The predicted octanol–water partition coefficient (Wildman–Crippen LogP) is 1.94.